The van der Waals surface area contributed by atoms with Crippen molar-refractivity contribution in [2.75, 3.05) is 17.5 Å². The molecule has 0 saturated heterocycles. The second-order valence-corrected chi connectivity index (χ2v) is 4.50. The van der Waals surface area contributed by atoms with Crippen LogP contribution in [0.2, 0.25) is 0 Å². The van der Waals surface area contributed by atoms with E-state index < -0.39 is 12.0 Å². The molecule has 0 fully saturated rings. The number of esters is 1. The zero-order chi connectivity index (χ0) is 14.6. The summed E-state index contributed by atoms with van der Waals surface area (Å²) in [6.45, 7) is 7.35. The van der Waals surface area contributed by atoms with Crippen molar-refractivity contribution in [1.82, 2.24) is 4.68 Å². The van der Waals surface area contributed by atoms with Crippen molar-refractivity contribution in [1.29, 1.82) is 0 Å². The van der Waals surface area contributed by atoms with E-state index in [-0.39, 0.29) is 18.4 Å². The fraction of sp³-hybridized carbons (Fsp3) is 0.538. The number of alkyl halides is 1. The van der Waals surface area contributed by atoms with E-state index in [4.69, 9.17) is 16.3 Å². The molecule has 1 amide bonds. The zero-order valence-corrected chi connectivity index (χ0v) is 12.4. The van der Waals surface area contributed by atoms with Crippen molar-refractivity contribution in [3.63, 3.8) is 0 Å². The van der Waals surface area contributed by atoms with Gasteiger partial charge in [-0.05, 0) is 39.8 Å². The molecule has 0 aliphatic heterocycles. The number of aromatic nitrogens is 1. The first-order valence-electron chi connectivity index (χ1n) is 6.13. The van der Waals surface area contributed by atoms with Crippen LogP contribution >= 0.6 is 11.6 Å². The maximum absolute atomic E-state index is 12.0. The standard InChI is InChI=1S/C13H19ClN2O3/c1-5-19-13(18)11(4)16(12(17)8-14)15-9(2)6-7-10(15)3/h6-7,11H,5,8H2,1-4H3. The van der Waals surface area contributed by atoms with Gasteiger partial charge in [-0.2, -0.15) is 0 Å². The highest BCUT2D eigenvalue weighted by molar-refractivity contribution is 6.29. The van der Waals surface area contributed by atoms with E-state index >= 15 is 0 Å². The number of hydrogen-bond acceptors (Lipinski definition) is 3. The molecular weight excluding hydrogens is 268 g/mol. The van der Waals surface area contributed by atoms with E-state index in [0.29, 0.717) is 0 Å². The van der Waals surface area contributed by atoms with E-state index in [2.05, 4.69) is 0 Å². The van der Waals surface area contributed by atoms with Crippen molar-refractivity contribution in [2.45, 2.75) is 33.7 Å². The van der Waals surface area contributed by atoms with Gasteiger partial charge in [0.15, 0.2) is 0 Å². The second kappa shape index (κ2) is 6.61. The first kappa shape index (κ1) is 15.6. The number of aryl methyl sites for hydroxylation is 2. The third-order valence-electron chi connectivity index (χ3n) is 2.81. The number of carbonyl (C=O) groups excluding carboxylic acids is 2. The van der Waals surface area contributed by atoms with Crippen LogP contribution in [0.4, 0.5) is 0 Å². The van der Waals surface area contributed by atoms with Crippen LogP contribution in [-0.4, -0.2) is 35.1 Å². The Morgan fingerprint density at radius 2 is 1.89 bits per heavy atom. The summed E-state index contributed by atoms with van der Waals surface area (Å²) in [6.07, 6.45) is 0. The molecule has 0 saturated carbocycles. The lowest BCUT2D eigenvalue weighted by Crippen LogP contribution is -2.52. The minimum atomic E-state index is -0.726. The molecule has 19 heavy (non-hydrogen) atoms. The first-order valence-corrected chi connectivity index (χ1v) is 6.67. The summed E-state index contributed by atoms with van der Waals surface area (Å²) in [6, 6.07) is 3.03. The summed E-state index contributed by atoms with van der Waals surface area (Å²) in [5, 5.41) is 1.34. The average Bonchev–Trinajstić information content (AvgIpc) is 2.70. The molecule has 1 unspecified atom stereocenters. The van der Waals surface area contributed by atoms with Gasteiger partial charge in [0.1, 0.15) is 11.9 Å². The van der Waals surface area contributed by atoms with Gasteiger partial charge in [-0.3, -0.25) is 9.47 Å². The Hall–Kier alpha value is -1.49. The number of ether oxygens (including phenoxy) is 1. The van der Waals surface area contributed by atoms with Crippen LogP contribution < -0.4 is 5.01 Å². The van der Waals surface area contributed by atoms with Crippen molar-refractivity contribution in [2.24, 2.45) is 0 Å². The highest BCUT2D eigenvalue weighted by atomic mass is 35.5. The summed E-state index contributed by atoms with van der Waals surface area (Å²) < 4.78 is 6.65. The van der Waals surface area contributed by atoms with Crippen molar-refractivity contribution < 1.29 is 14.3 Å². The fourth-order valence-electron chi connectivity index (χ4n) is 1.93. The molecule has 0 aliphatic carbocycles. The van der Waals surface area contributed by atoms with Gasteiger partial charge in [0.05, 0.1) is 6.61 Å². The largest absolute Gasteiger partial charge is 0.464 e. The van der Waals surface area contributed by atoms with E-state index in [9.17, 15) is 9.59 Å². The lowest BCUT2D eigenvalue weighted by atomic mass is 10.3. The number of rotatable bonds is 5. The number of halogens is 1. The molecule has 1 atom stereocenters. The van der Waals surface area contributed by atoms with Gasteiger partial charge in [0.25, 0.3) is 5.91 Å². The van der Waals surface area contributed by atoms with E-state index in [0.717, 1.165) is 11.4 Å². The minimum Gasteiger partial charge on any atom is -0.464 e. The Kier molecular flexibility index (Phi) is 5.42. The van der Waals surface area contributed by atoms with Gasteiger partial charge >= 0.3 is 5.97 Å². The molecule has 0 bridgehead atoms. The Labute approximate surface area is 118 Å². The van der Waals surface area contributed by atoms with Gasteiger partial charge in [-0.25, -0.2) is 9.80 Å². The molecule has 0 N–H and O–H groups in total. The maximum Gasteiger partial charge on any atom is 0.330 e. The summed E-state index contributed by atoms with van der Waals surface area (Å²) >= 11 is 5.64. The fourth-order valence-corrected chi connectivity index (χ4v) is 2.05. The predicted molar refractivity (Wildman–Crippen MR) is 73.9 cm³/mol. The number of carbonyl (C=O) groups is 2. The highest BCUT2D eigenvalue weighted by Gasteiger charge is 2.29. The third-order valence-corrected chi connectivity index (χ3v) is 3.04. The highest BCUT2D eigenvalue weighted by Crippen LogP contribution is 2.12. The molecule has 5 nitrogen and oxygen atoms in total. The SMILES string of the molecule is CCOC(=O)C(C)N(C(=O)CCl)n1c(C)ccc1C. The Morgan fingerprint density at radius 3 is 2.32 bits per heavy atom. The maximum atomic E-state index is 12.0. The van der Waals surface area contributed by atoms with E-state index in [1.54, 1.807) is 18.5 Å². The minimum absolute atomic E-state index is 0.194. The summed E-state index contributed by atoms with van der Waals surface area (Å²) in [4.78, 5) is 23.9. The monoisotopic (exact) mass is 286 g/mol. The second-order valence-electron chi connectivity index (χ2n) is 4.23. The molecule has 1 aromatic heterocycles. The van der Waals surface area contributed by atoms with Crippen LogP contribution in [0.5, 0.6) is 0 Å². The number of amides is 1. The van der Waals surface area contributed by atoms with Crippen LogP contribution in [0.3, 0.4) is 0 Å². The van der Waals surface area contributed by atoms with E-state index in [1.165, 1.54) is 5.01 Å². The number of nitrogens with zero attached hydrogens (tertiary/aromatic N) is 2. The molecule has 0 aliphatic rings. The quantitative estimate of drug-likeness (QED) is 0.612. The molecular formula is C13H19ClN2O3. The topological polar surface area (TPSA) is 51.5 Å². The van der Waals surface area contributed by atoms with Gasteiger partial charge < -0.3 is 4.74 Å². The van der Waals surface area contributed by atoms with Gasteiger partial charge in [0.2, 0.25) is 0 Å². The Bertz CT molecular complexity index is 451. The lowest BCUT2D eigenvalue weighted by molar-refractivity contribution is -0.146. The molecule has 106 valence electrons. The smallest absolute Gasteiger partial charge is 0.330 e. The van der Waals surface area contributed by atoms with E-state index in [1.807, 2.05) is 26.0 Å². The Balaban J connectivity index is 3.16. The van der Waals surface area contributed by atoms with Crippen LogP contribution in [0.15, 0.2) is 12.1 Å². The molecule has 1 aromatic rings. The van der Waals surface area contributed by atoms with Crippen LogP contribution in [0, 0.1) is 13.8 Å². The van der Waals surface area contributed by atoms with Crippen molar-refractivity contribution >= 4 is 23.5 Å². The first-order chi connectivity index (χ1) is 8.93. The number of hydrogen-bond donors (Lipinski definition) is 0. The van der Waals surface area contributed by atoms with Crippen molar-refractivity contribution in [3.8, 4) is 0 Å². The molecule has 1 rings (SSSR count). The Morgan fingerprint density at radius 1 is 1.37 bits per heavy atom. The van der Waals surface area contributed by atoms with Crippen LogP contribution in [0.1, 0.15) is 25.2 Å². The molecule has 1 heterocycles. The van der Waals surface area contributed by atoms with Crippen molar-refractivity contribution in [3.05, 3.63) is 23.5 Å². The molecule has 0 aromatic carbocycles. The van der Waals surface area contributed by atoms with Gasteiger partial charge in [-0.1, -0.05) is 0 Å². The van der Waals surface area contributed by atoms with Gasteiger partial charge in [0, 0.05) is 11.4 Å². The molecule has 6 heteroatoms. The predicted octanol–water partition coefficient (Wildman–Crippen LogP) is 1.76. The summed E-state index contributed by atoms with van der Waals surface area (Å²) in [7, 11) is 0. The normalized spacial score (nSPS) is 12.1. The van der Waals surface area contributed by atoms with Crippen LogP contribution in [0.25, 0.3) is 0 Å². The molecule has 0 spiro atoms. The van der Waals surface area contributed by atoms with Gasteiger partial charge in [-0.15, -0.1) is 11.6 Å². The molecule has 0 radical (unpaired) electrons. The summed E-state index contributed by atoms with van der Waals surface area (Å²) in [5.74, 6) is -0.987. The zero-order valence-electron chi connectivity index (χ0n) is 11.6. The van der Waals surface area contributed by atoms with Crippen LogP contribution in [-0.2, 0) is 14.3 Å². The summed E-state index contributed by atoms with van der Waals surface area (Å²) in [5.41, 5.74) is 1.71. The lowest BCUT2D eigenvalue weighted by Gasteiger charge is -2.30. The third kappa shape index (κ3) is 3.29. The average molecular weight is 287 g/mol.